The van der Waals surface area contributed by atoms with Crippen LogP contribution in [0.5, 0.6) is 0 Å². The Morgan fingerprint density at radius 3 is 1.27 bits per heavy atom. The Morgan fingerprint density at radius 2 is 0.828 bits per heavy atom. The molecule has 2 aromatic carbocycles. The van der Waals surface area contributed by atoms with Crippen molar-refractivity contribution in [1.82, 2.24) is 0 Å². The van der Waals surface area contributed by atoms with Gasteiger partial charge in [0.25, 0.3) is 0 Å². The number of carboxylic acid groups (broad SMARTS) is 8. The van der Waals surface area contributed by atoms with E-state index in [0.29, 0.717) is 98.2 Å². The summed E-state index contributed by atoms with van der Waals surface area (Å²) < 4.78 is 223. The normalized spacial score (nSPS) is 26.1. The second-order valence-corrected chi connectivity index (χ2v) is 43.0. The lowest BCUT2D eigenvalue weighted by Crippen LogP contribution is -2.57. The molecule has 13 saturated carbocycles. The Morgan fingerprint density at radius 1 is 0.410 bits per heavy atom. The highest BCUT2D eigenvalue weighted by Crippen LogP contribution is 2.69. The number of hydrogen-bond acceptors (Lipinski definition) is 26. The van der Waals surface area contributed by atoms with Crippen LogP contribution in [-0.4, -0.2) is 141 Å². The van der Waals surface area contributed by atoms with Gasteiger partial charge in [-0.15, -0.1) is 0 Å². The van der Waals surface area contributed by atoms with Crippen molar-refractivity contribution in [2.24, 2.45) is 82.3 Å². The Labute approximate surface area is 800 Å². The number of nitrogens with one attached hydrogen (secondary N) is 1. The number of ether oxygens (including phenoxy) is 4. The number of esters is 1. The van der Waals surface area contributed by atoms with Crippen molar-refractivity contribution >= 4 is 129 Å². The van der Waals surface area contributed by atoms with Crippen LogP contribution in [0.25, 0.3) is 0 Å². The van der Waals surface area contributed by atoms with E-state index in [1.807, 2.05) is 22.6 Å². The zero-order chi connectivity index (χ0) is 99.9. The van der Waals surface area contributed by atoms with Gasteiger partial charge in [0.15, 0.2) is 0 Å². The number of unbranched alkanes of at least 4 members (excludes halogenated alkanes) is 14. The van der Waals surface area contributed by atoms with Gasteiger partial charge >= 0.3 is 51.4 Å². The van der Waals surface area contributed by atoms with Gasteiger partial charge in [-0.3, -0.25) is 4.79 Å². The Hall–Kier alpha value is -5.64. The van der Waals surface area contributed by atoms with Crippen LogP contribution in [0.4, 0.5) is 75.9 Å². The number of para-hydroxylation sites is 1. The minimum atomic E-state index is -4.15. The molecule has 0 heterocycles. The van der Waals surface area contributed by atoms with E-state index in [1.54, 1.807) is 18.2 Å². The summed E-state index contributed by atoms with van der Waals surface area (Å²) in [4.78, 5) is 93.3. The van der Waals surface area contributed by atoms with Crippen LogP contribution >= 0.6 is 69.6 Å². The lowest BCUT2D eigenvalue weighted by Gasteiger charge is -2.56. The van der Waals surface area contributed by atoms with Gasteiger partial charge in [0.2, 0.25) is 0 Å². The van der Waals surface area contributed by atoms with Gasteiger partial charge in [-0.2, -0.15) is 70.2 Å². The van der Waals surface area contributed by atoms with E-state index >= 15 is 0 Å². The van der Waals surface area contributed by atoms with Crippen molar-refractivity contribution in [3.8, 4) is 0 Å². The Balaban J connectivity index is 0.000000237. The number of carbonyl (C=O) groups is 9. The molecular formula is C91H118F16INO21S4-8. The molecule has 22 nitrogen and oxygen atoms in total. The molecule has 13 fully saturated rings. The van der Waals surface area contributed by atoms with Gasteiger partial charge in [-0.25, -0.2) is 0 Å². The highest BCUT2D eigenvalue weighted by Gasteiger charge is 2.63. The van der Waals surface area contributed by atoms with Crippen LogP contribution < -0.4 is 46.2 Å². The number of alkyl halides is 16. The first-order valence-corrected chi connectivity index (χ1v) is 50.5. The third kappa shape index (κ3) is 37.7. The van der Waals surface area contributed by atoms with E-state index in [2.05, 4.69) is 23.3 Å². The van der Waals surface area contributed by atoms with E-state index < -0.39 is 98.7 Å². The lowest BCUT2D eigenvalue weighted by atomic mass is 9.49. The minimum Gasteiger partial charge on any atom is -0.543 e. The third-order valence-electron chi connectivity index (χ3n) is 26.4. The van der Waals surface area contributed by atoms with Gasteiger partial charge in [-0.1, -0.05) is 176 Å². The lowest BCUT2D eigenvalue weighted by molar-refractivity contribution is -0.385. The highest BCUT2D eigenvalue weighted by atomic mass is 127. The molecule has 15 rings (SSSR count). The van der Waals surface area contributed by atoms with Crippen LogP contribution in [-0.2, 0) is 62.1 Å². The number of halogens is 17. The third-order valence-corrected chi connectivity index (χ3v) is 31.4. The molecule has 13 aliphatic carbocycles. The van der Waals surface area contributed by atoms with Gasteiger partial charge in [0.05, 0.1) is 30.8 Å². The number of anilines is 1. The Bertz CT molecular complexity index is 3910. The molecule has 43 heteroatoms. The molecular weight excluding hydrogens is 2000 g/mol. The molecule has 0 aromatic heterocycles. The molecule has 0 saturated heterocycles. The van der Waals surface area contributed by atoms with Crippen molar-refractivity contribution in [3.63, 3.8) is 0 Å². The van der Waals surface area contributed by atoms with E-state index in [1.165, 1.54) is 132 Å². The first-order valence-electron chi connectivity index (χ1n) is 45.8. The molecule has 764 valence electrons. The minimum absolute atomic E-state index is 0.0113. The number of carboxylic acids is 8. The van der Waals surface area contributed by atoms with Crippen molar-refractivity contribution in [2.45, 2.75) is 325 Å². The van der Waals surface area contributed by atoms with Crippen LogP contribution in [0.2, 0.25) is 0 Å². The quantitative estimate of drug-likeness (QED) is 0.0122. The van der Waals surface area contributed by atoms with Gasteiger partial charge in [0, 0.05) is 25.2 Å². The maximum absolute atomic E-state index is 13.2. The smallest absolute Gasteiger partial charge is 0.398 e. The van der Waals surface area contributed by atoms with Crippen LogP contribution in [0.1, 0.15) is 264 Å². The molecule has 7 atom stereocenters. The summed E-state index contributed by atoms with van der Waals surface area (Å²) in [5.41, 5.74) is -1.22. The number of aliphatic carboxylic acids is 8. The standard InChI is InChI=1S/C16H22F2O4S.C15H20F2O3.C12H16F2O3.C12H22F2O3.C12H22F2O2S.C8H5F2IO2S.C8H7F2NO2.C8H12F2O2S/c17-16(18,13(19)20)23-3-1-2-22-14(21)15-7-10-4-11(8-15)6-12(5-10)9-15;16-15(17,14(18)19)20-6-10-4-9-5-11(10)13-8-2-1-7(3-8)12(9)13;13-12(14,10(15)16)17-11-4-7-1-8(5-11)3-9(2-7)6-11;2*1-2-3-4-5-6-7-8-9-10-17-12(13,14)11(15)16;9-8(10,7(12)13)14-6-3-1-5(11)2-4-6;9-8(10,7(12)13)11-6-4-2-1-3-5-6;9-8(10,7(11)12)13-6-4-2-1-3-5-6/h10-12H,1-9H2,(H,19,20);7-13H,1-6H2,(H,18,19);7-9H,1-6H2,(H,15,16);2*2-10H2,1H3,(H,15,16);1-4H,(H,12,13);1-5,11H,(H,12,13);6H,1-5H2,(H,11,12)/p-8. The summed E-state index contributed by atoms with van der Waals surface area (Å²) in [6.45, 7) is 4.00. The summed E-state index contributed by atoms with van der Waals surface area (Å²) in [5.74, 6) is -11.4. The maximum Gasteiger partial charge on any atom is 0.398 e. The monoisotopic (exact) mass is 2120 g/mol. The molecule has 1 N–H and O–H groups in total. The summed E-state index contributed by atoms with van der Waals surface area (Å²) >= 11 is 2.40. The number of thioether (sulfide) groups is 4. The summed E-state index contributed by atoms with van der Waals surface area (Å²) in [7, 11) is 0. The van der Waals surface area contributed by atoms with E-state index in [9.17, 15) is 154 Å². The zero-order valence-electron chi connectivity index (χ0n) is 74.5. The molecule has 134 heavy (non-hydrogen) atoms. The van der Waals surface area contributed by atoms with Crippen molar-refractivity contribution in [3.05, 3.63) is 58.2 Å². The molecule has 2 aromatic rings. The molecule has 13 aliphatic rings. The van der Waals surface area contributed by atoms with E-state index in [-0.39, 0.29) is 118 Å². The number of benzene rings is 2. The number of hydrogen-bond donors (Lipinski definition) is 1. The fraction of sp³-hybridized carbons (Fsp3) is 0.769. The zero-order valence-corrected chi connectivity index (χ0v) is 79.9. The van der Waals surface area contributed by atoms with Gasteiger partial charge in [0.1, 0.15) is 47.8 Å². The maximum atomic E-state index is 13.2. The predicted molar refractivity (Wildman–Crippen MR) is 457 cm³/mol. The fourth-order valence-corrected chi connectivity index (χ4v) is 25.0. The molecule has 0 radical (unpaired) electrons. The first kappa shape index (κ1) is 117. The van der Waals surface area contributed by atoms with E-state index in [4.69, 9.17) is 9.47 Å². The Kier molecular flexibility index (Phi) is 47.0. The summed E-state index contributed by atoms with van der Waals surface area (Å²) in [5, 5.41) is 66.7. The van der Waals surface area contributed by atoms with Gasteiger partial charge in [-0.05, 0) is 295 Å². The van der Waals surface area contributed by atoms with Crippen LogP contribution in [0.15, 0.2) is 59.5 Å². The number of carbonyl (C=O) groups excluding carboxylic acids is 9. The number of fused-ring (bicyclic) bond motifs is 9. The van der Waals surface area contributed by atoms with Crippen LogP contribution in [0.3, 0.4) is 0 Å². The summed E-state index contributed by atoms with van der Waals surface area (Å²) in [6, 6.07) is 9.37. The molecule has 7 unspecified atom stereocenters. The second-order valence-electron chi connectivity index (χ2n) is 36.8. The van der Waals surface area contributed by atoms with Crippen molar-refractivity contribution in [1.29, 1.82) is 0 Å². The van der Waals surface area contributed by atoms with Crippen LogP contribution in [0, 0.1) is 85.9 Å². The topological polar surface area (TPSA) is 387 Å². The van der Waals surface area contributed by atoms with E-state index in [0.717, 1.165) is 130 Å². The molecule has 12 bridgehead atoms. The fourth-order valence-electron chi connectivity index (χ4n) is 21.5. The predicted octanol–water partition coefficient (Wildman–Crippen LogP) is 14.4. The van der Waals surface area contributed by atoms with Crippen molar-refractivity contribution in [2.75, 3.05) is 36.6 Å². The van der Waals surface area contributed by atoms with Gasteiger partial charge < -0.3 is 103 Å². The largest absolute Gasteiger partial charge is 0.543 e. The molecule has 0 amide bonds. The highest BCUT2D eigenvalue weighted by molar-refractivity contribution is 14.1. The van der Waals surface area contributed by atoms with Crippen molar-refractivity contribution < 1.29 is 173 Å². The first-order chi connectivity index (χ1) is 62.6. The average Bonchev–Trinajstić information content (AvgIpc) is 1.55. The SMILES string of the molecule is CCCCCCCCCCOC(F)(F)C(=O)[O-].CCCCCCCCCCSC(F)(F)C(=O)[O-].O=C(OCCCSC(F)(F)C(=O)[O-])C12CC3CC(CC(C3)C1)C2.O=C([O-])C(F)(F)Nc1ccccc1.O=C([O-])C(F)(F)OC12CC3CC(CC(C3)C1)C2.O=C([O-])C(F)(F)OCC1CC2CC1C1C3CCC(C3)C21.O=C([O-])C(F)(F)SC1CCCCC1.O=C([O-])C(F)(F)Sc1ccc(I)cc1. The average molecular weight is 2120 g/mol. The summed E-state index contributed by atoms with van der Waals surface area (Å²) in [6.07, 6.45) is 26.4. The second kappa shape index (κ2) is 53.8. The molecule has 0 spiro atoms. The number of rotatable bonds is 45. The molecule has 0 aliphatic heterocycles.